The lowest BCUT2D eigenvalue weighted by Crippen LogP contribution is -0.382. The van der Waals surface area contributed by atoms with Gasteiger partial charge in [0.15, 0.2) is 0 Å². The van der Waals surface area contributed by atoms with Gasteiger partial charge in [-0.1, -0.05) is 0 Å². The van der Waals surface area contributed by atoms with Crippen molar-refractivity contribution in [3.8, 4) is 0 Å². The first-order valence-corrected chi connectivity index (χ1v) is 0. The molecule has 0 rings (SSSR count). The van der Waals surface area contributed by atoms with Crippen molar-refractivity contribution >= 4 is 74.4 Å². The van der Waals surface area contributed by atoms with Crippen LogP contribution in [0.1, 0.15) is 0 Å². The maximum atomic E-state index is 0. The molecule has 0 spiro atoms. The highest BCUT2D eigenvalue weighted by Crippen LogP contribution is -0.287. The minimum absolute atomic E-state index is 0. The molecule has 3 nitrogen and oxygen atoms in total. The maximum absolute atomic E-state index is 0. The number of hydrogen-bond acceptors (Lipinski definition) is 1. The Morgan fingerprint density at radius 1 is 0.714 bits per heavy atom. The molecule has 0 aliphatic heterocycles. The summed E-state index contributed by atoms with van der Waals surface area (Å²) in [6, 6.07) is 0. The van der Waals surface area contributed by atoms with Gasteiger partial charge in [-0.2, -0.15) is 0 Å². The van der Waals surface area contributed by atoms with Crippen molar-refractivity contribution in [1.82, 2.24) is 0 Å². The first kappa shape index (κ1) is 131. The molecule has 0 aliphatic rings. The summed E-state index contributed by atoms with van der Waals surface area (Å²) in [7, 11) is 0. The Morgan fingerprint density at radius 2 is 0.714 bits per heavy atom. The molecule has 0 saturated heterocycles. The van der Waals surface area contributed by atoms with Crippen LogP contribution in [0, 0.1) is 0 Å². The van der Waals surface area contributed by atoms with Crippen molar-refractivity contribution in [2.24, 2.45) is 0 Å². The van der Waals surface area contributed by atoms with Crippen LogP contribution in [0.25, 0.3) is 0 Å². The molecule has 0 atom stereocenters. The summed E-state index contributed by atoms with van der Waals surface area (Å²) >= 11 is 0. The van der Waals surface area contributed by atoms with E-state index in [4.69, 9.17) is 0 Å². The van der Waals surface area contributed by atoms with Crippen LogP contribution in [0.3, 0.4) is 0 Å². The monoisotopic (exact) mass is 156 g/mol. The van der Waals surface area contributed by atoms with Gasteiger partial charge < -0.3 is 16.4 Å². The zero-order chi connectivity index (χ0) is 0. The van der Waals surface area contributed by atoms with Crippen molar-refractivity contribution in [2.45, 2.75) is 0 Å². The molecule has 7 heteroatoms. The molecule has 0 bridgehead atoms. The first-order valence-electron chi connectivity index (χ1n) is 0. The van der Waals surface area contributed by atoms with Crippen LogP contribution in [-0.2, 0) is 0 Å². The second kappa shape index (κ2) is 89.6. The predicted octanol–water partition coefficient (Wildman–Crippen LogP) is -3.35. The van der Waals surface area contributed by atoms with Gasteiger partial charge in [0.05, 0.1) is 0 Å². The molecule has 7 heavy (non-hydrogen) atoms. The van der Waals surface area contributed by atoms with Gasteiger partial charge >= 0.3 is 0 Å². The fourth-order valence-electron chi connectivity index (χ4n) is 0. The smallest absolute Gasteiger partial charge is 0 e. The van der Waals surface area contributed by atoms with Gasteiger partial charge in [0.1, 0.15) is 0 Å². The predicted molar refractivity (Wildman–Crippen MR) is 32.2 cm³/mol. The third-order valence-electron chi connectivity index (χ3n) is 0. The molecule has 0 fully saturated rings. The first-order chi connectivity index (χ1) is 0. The molecule has 0 aromatic rings. The average Bonchev–Trinajstić information content (AvgIpc) is 0. The van der Waals surface area contributed by atoms with Gasteiger partial charge in [-0.25, -0.2) is 0 Å². The average molecular weight is 157 g/mol. The highest BCUT2D eigenvalue weighted by atomic mass is 28.1. The van der Waals surface area contributed by atoms with Gasteiger partial charge in [0.25, 0.3) is 0 Å². The molecule has 5 N–H and O–H groups in total. The van der Waals surface area contributed by atoms with Gasteiger partial charge in [0, 0.05) is 74.4 Å². The zero-order valence-corrected chi connectivity index (χ0v) is 8.92. The Balaban J connectivity index is 0. The van der Waals surface area contributed by atoms with Crippen LogP contribution in [0.4, 0.5) is 0 Å². The molecule has 35 valence electrons. The zero-order valence-electron chi connectivity index (χ0n) is 3.94. The topological polar surface area (TPSA) is 93.0 Å². The van der Waals surface area contributed by atoms with E-state index in [9.17, 15) is 0 Å². The van der Waals surface area contributed by atoms with Crippen molar-refractivity contribution in [1.29, 1.82) is 0 Å². The molecule has 0 unspecified atom stereocenters. The van der Waals surface area contributed by atoms with E-state index in [-0.39, 0.29) is 90.9 Å². The Morgan fingerprint density at radius 3 is 0.714 bits per heavy atom. The summed E-state index contributed by atoms with van der Waals surface area (Å²) in [5.41, 5.74) is 0. The van der Waals surface area contributed by atoms with Crippen molar-refractivity contribution in [3.05, 3.63) is 0 Å². The van der Waals surface area contributed by atoms with E-state index < -0.39 is 0 Å². The molecule has 0 aliphatic carbocycles. The second-order valence-electron chi connectivity index (χ2n) is 0. The Hall–Kier alpha value is 2.16. The minimum Gasteiger partial charge on any atom is -0.870 e. The minimum atomic E-state index is 0. The van der Waals surface area contributed by atoms with Crippen molar-refractivity contribution < 1.29 is 16.4 Å². The number of rotatable bonds is 0. The normalized spacial score (nSPS) is 0. The SMILES string of the molecule is O.O.[Al].[Mg].[Mg].[OH-].[Si]. The molecule has 0 heterocycles. The fraction of sp³-hybridized carbons (Fsp3) is 0. The summed E-state index contributed by atoms with van der Waals surface area (Å²) in [5, 5.41) is 0. The highest BCUT2D eigenvalue weighted by molar-refractivity contribution is 5.76. The van der Waals surface area contributed by atoms with E-state index in [0.717, 1.165) is 0 Å². The van der Waals surface area contributed by atoms with E-state index in [0.29, 0.717) is 0 Å². The lowest BCUT2D eigenvalue weighted by Gasteiger charge is -0.870. The summed E-state index contributed by atoms with van der Waals surface area (Å²) in [6.45, 7) is 0. The summed E-state index contributed by atoms with van der Waals surface area (Å²) in [6.07, 6.45) is 0. The van der Waals surface area contributed by atoms with Crippen LogP contribution in [0.2, 0.25) is 0 Å². The fourth-order valence-corrected chi connectivity index (χ4v) is 0. The van der Waals surface area contributed by atoms with Gasteiger partial charge in [0.2, 0.25) is 0 Å². The van der Waals surface area contributed by atoms with Gasteiger partial charge in [-0.05, 0) is 0 Å². The Kier molecular flexibility index (Phi) is 1670. The van der Waals surface area contributed by atoms with Crippen LogP contribution in [0.5, 0.6) is 0 Å². The third-order valence-corrected chi connectivity index (χ3v) is 0. The van der Waals surface area contributed by atoms with E-state index in [1.54, 1.807) is 0 Å². The van der Waals surface area contributed by atoms with Gasteiger partial charge in [-0.3, -0.25) is 0 Å². The van der Waals surface area contributed by atoms with Crippen molar-refractivity contribution in [3.63, 3.8) is 0 Å². The summed E-state index contributed by atoms with van der Waals surface area (Å²) in [4.78, 5) is 0. The second-order valence-corrected chi connectivity index (χ2v) is 0. The summed E-state index contributed by atoms with van der Waals surface area (Å²) < 4.78 is 0. The maximum Gasteiger partial charge on any atom is 0 e. The molecule has 11 radical (unpaired) electrons. The molecule has 0 saturated carbocycles. The Labute approximate surface area is 90.0 Å². The molecule has 0 amide bonds. The lowest BCUT2D eigenvalue weighted by atomic mass is 16.0. The van der Waals surface area contributed by atoms with E-state index >= 15 is 0 Å². The van der Waals surface area contributed by atoms with E-state index in [2.05, 4.69) is 0 Å². The van der Waals surface area contributed by atoms with E-state index in [1.807, 2.05) is 0 Å². The lowest BCUT2D eigenvalue weighted by molar-refractivity contribution is 0.823. The Bertz CT molecular complexity index is 12.9. The van der Waals surface area contributed by atoms with Gasteiger partial charge in [-0.15, -0.1) is 0 Å². The molecule has 0 aromatic heterocycles. The standard InChI is InChI=1S/Al.2Mg.3H2O.Si/h;;;3*1H2;/p-1. The summed E-state index contributed by atoms with van der Waals surface area (Å²) in [5.74, 6) is 0. The van der Waals surface area contributed by atoms with Crippen LogP contribution < -0.4 is 0 Å². The molecule has 0 aromatic carbocycles. The quantitative estimate of drug-likeness (QED) is 0.337. The number of hydrogen-bond donors (Lipinski definition) is 0. The van der Waals surface area contributed by atoms with Crippen LogP contribution in [0.15, 0.2) is 0 Å². The molecular weight excluding hydrogens is 152 g/mol. The molecular formula is H5AlMg2O3Si-. The van der Waals surface area contributed by atoms with Crippen molar-refractivity contribution in [2.75, 3.05) is 0 Å². The highest BCUT2D eigenvalue weighted by Gasteiger charge is 0.00302. The third kappa shape index (κ3) is 66.3. The van der Waals surface area contributed by atoms with Crippen LogP contribution in [-0.4, -0.2) is 90.9 Å². The van der Waals surface area contributed by atoms with E-state index in [1.165, 1.54) is 0 Å². The van der Waals surface area contributed by atoms with Crippen LogP contribution >= 0.6 is 0 Å². The largest absolute Gasteiger partial charge is 0.870 e.